The van der Waals surface area contributed by atoms with E-state index in [2.05, 4.69) is 23.0 Å². The third-order valence-corrected chi connectivity index (χ3v) is 1.50. The fourth-order valence-corrected chi connectivity index (χ4v) is 0.924. The summed E-state index contributed by atoms with van der Waals surface area (Å²) in [6.45, 7) is 3.04. The zero-order valence-corrected chi connectivity index (χ0v) is 6.95. The molecular weight excluding hydrogens is 136 g/mol. The molecule has 0 saturated heterocycles. The Hall–Kier alpha value is -0.920. The van der Waals surface area contributed by atoms with Crippen molar-refractivity contribution in [3.63, 3.8) is 0 Å². The van der Waals surface area contributed by atoms with Gasteiger partial charge in [-0.15, -0.1) is 0 Å². The fraction of sp³-hybridized carbons (Fsp3) is 0.556. The highest BCUT2D eigenvalue weighted by atomic mass is 14.9. The van der Waals surface area contributed by atoms with Crippen LogP contribution < -0.4 is 0 Å². The highest BCUT2D eigenvalue weighted by Crippen LogP contribution is 2.00. The molecule has 0 bridgehead atoms. The minimum atomic E-state index is 0.909. The number of hydrogen-bond donors (Lipinski definition) is 0. The lowest BCUT2D eigenvalue weighted by molar-refractivity contribution is 0.917. The van der Waals surface area contributed by atoms with Crippen molar-refractivity contribution in [1.29, 1.82) is 0 Å². The van der Waals surface area contributed by atoms with Crippen LogP contribution in [0.5, 0.6) is 0 Å². The molecular formula is C9H14N2. The van der Waals surface area contributed by atoms with Gasteiger partial charge in [-0.25, -0.2) is 4.99 Å². The van der Waals surface area contributed by atoms with Gasteiger partial charge >= 0.3 is 0 Å². The van der Waals surface area contributed by atoms with Gasteiger partial charge in [-0.1, -0.05) is 13.0 Å². The Balaban J connectivity index is 2.46. The van der Waals surface area contributed by atoms with E-state index in [0.717, 1.165) is 31.6 Å². The van der Waals surface area contributed by atoms with Crippen LogP contribution in [0.2, 0.25) is 0 Å². The van der Waals surface area contributed by atoms with Crippen LogP contribution in [0.15, 0.2) is 22.1 Å². The summed E-state index contributed by atoms with van der Waals surface area (Å²) >= 11 is 0. The van der Waals surface area contributed by atoms with Gasteiger partial charge in [0.05, 0.1) is 0 Å². The molecule has 0 atom stereocenters. The van der Waals surface area contributed by atoms with Gasteiger partial charge in [0.1, 0.15) is 5.84 Å². The maximum atomic E-state index is 4.34. The first-order valence-corrected chi connectivity index (χ1v) is 4.16. The number of amidine groups is 1. The second kappa shape index (κ2) is 4.83. The van der Waals surface area contributed by atoms with Crippen LogP contribution >= 0.6 is 0 Å². The maximum absolute atomic E-state index is 4.34. The molecule has 0 aromatic rings. The molecule has 0 aromatic heterocycles. The van der Waals surface area contributed by atoms with E-state index in [1.165, 1.54) is 0 Å². The second-order valence-electron chi connectivity index (χ2n) is 2.54. The molecule has 0 aliphatic carbocycles. The van der Waals surface area contributed by atoms with Crippen molar-refractivity contribution in [3.8, 4) is 0 Å². The number of aliphatic imine (C=N–C) groups is 2. The maximum Gasteiger partial charge on any atom is 0.123 e. The predicted molar refractivity (Wildman–Crippen MR) is 49.5 cm³/mol. The van der Waals surface area contributed by atoms with Gasteiger partial charge in [0, 0.05) is 19.2 Å². The summed E-state index contributed by atoms with van der Waals surface area (Å²) in [7, 11) is 0. The Morgan fingerprint density at radius 2 is 2.55 bits per heavy atom. The van der Waals surface area contributed by atoms with Gasteiger partial charge in [-0.3, -0.25) is 4.99 Å². The molecule has 1 rings (SSSR count). The Kier molecular flexibility index (Phi) is 3.59. The molecule has 0 spiro atoms. The fourth-order valence-electron chi connectivity index (χ4n) is 0.924. The van der Waals surface area contributed by atoms with E-state index in [9.17, 15) is 0 Å². The van der Waals surface area contributed by atoms with E-state index in [4.69, 9.17) is 0 Å². The summed E-state index contributed by atoms with van der Waals surface area (Å²) in [4.78, 5) is 8.54. The molecule has 0 radical (unpaired) electrons. The third kappa shape index (κ3) is 3.12. The van der Waals surface area contributed by atoms with E-state index in [1.54, 1.807) is 0 Å². The Bertz CT molecular complexity index is 190. The third-order valence-electron chi connectivity index (χ3n) is 1.50. The second-order valence-corrected chi connectivity index (χ2v) is 2.54. The monoisotopic (exact) mass is 150 g/mol. The van der Waals surface area contributed by atoms with E-state index in [-0.39, 0.29) is 0 Å². The minimum absolute atomic E-state index is 0.909. The standard InChI is InChI=1S/C9H14N2/c1-2-7-10-9-6-4-3-5-8-11-9/h3,5,8H,2,4,6-7H2,1H3. The molecule has 1 aliphatic rings. The Morgan fingerprint density at radius 3 is 3.36 bits per heavy atom. The Labute approximate surface area is 67.8 Å². The summed E-state index contributed by atoms with van der Waals surface area (Å²) in [5.41, 5.74) is 0. The smallest absolute Gasteiger partial charge is 0.123 e. The van der Waals surface area contributed by atoms with E-state index in [0.29, 0.717) is 0 Å². The van der Waals surface area contributed by atoms with Crippen molar-refractivity contribution >= 4 is 12.1 Å². The van der Waals surface area contributed by atoms with E-state index >= 15 is 0 Å². The molecule has 0 aromatic carbocycles. The van der Waals surface area contributed by atoms with Crippen LogP contribution in [0.25, 0.3) is 0 Å². The highest BCUT2D eigenvalue weighted by molar-refractivity contribution is 5.93. The van der Waals surface area contributed by atoms with Gasteiger partial charge in [-0.2, -0.15) is 0 Å². The van der Waals surface area contributed by atoms with Crippen LogP contribution in [0.4, 0.5) is 0 Å². The molecule has 0 amide bonds. The van der Waals surface area contributed by atoms with Gasteiger partial charge in [0.2, 0.25) is 0 Å². The average molecular weight is 150 g/mol. The molecule has 0 saturated carbocycles. The SMILES string of the molecule is CCCN=C1CCC=CC=N1. The van der Waals surface area contributed by atoms with Gasteiger partial charge < -0.3 is 0 Å². The molecule has 0 N–H and O–H groups in total. The van der Waals surface area contributed by atoms with Crippen LogP contribution in [0.3, 0.4) is 0 Å². The molecule has 60 valence electrons. The summed E-state index contributed by atoms with van der Waals surface area (Å²) in [5, 5.41) is 0. The van der Waals surface area contributed by atoms with E-state index < -0.39 is 0 Å². The molecule has 1 heterocycles. The molecule has 0 unspecified atom stereocenters. The first-order valence-electron chi connectivity index (χ1n) is 4.16. The van der Waals surface area contributed by atoms with Crippen LogP contribution in [-0.2, 0) is 0 Å². The Morgan fingerprint density at radius 1 is 1.64 bits per heavy atom. The average Bonchev–Trinajstić information content (AvgIpc) is 2.28. The van der Waals surface area contributed by atoms with Crippen molar-refractivity contribution in [1.82, 2.24) is 0 Å². The van der Waals surface area contributed by atoms with Gasteiger partial charge in [0.25, 0.3) is 0 Å². The molecule has 11 heavy (non-hydrogen) atoms. The lowest BCUT2D eigenvalue weighted by Crippen LogP contribution is -1.93. The number of nitrogens with zero attached hydrogens (tertiary/aromatic N) is 2. The van der Waals surface area contributed by atoms with Crippen LogP contribution in [0.1, 0.15) is 26.2 Å². The quantitative estimate of drug-likeness (QED) is 0.576. The summed E-state index contributed by atoms with van der Waals surface area (Å²) in [6.07, 6.45) is 9.09. The zero-order chi connectivity index (χ0) is 7.94. The van der Waals surface area contributed by atoms with E-state index in [1.807, 2.05) is 12.3 Å². The number of rotatable bonds is 2. The van der Waals surface area contributed by atoms with Crippen LogP contribution in [-0.4, -0.2) is 18.6 Å². The molecule has 0 fully saturated rings. The summed E-state index contributed by atoms with van der Waals surface area (Å²) in [5.74, 6) is 0.997. The first kappa shape index (κ1) is 8.18. The van der Waals surface area contributed by atoms with Crippen molar-refractivity contribution in [2.75, 3.05) is 6.54 Å². The van der Waals surface area contributed by atoms with Crippen molar-refractivity contribution in [2.24, 2.45) is 9.98 Å². The zero-order valence-electron chi connectivity index (χ0n) is 6.95. The molecule has 2 heteroatoms. The van der Waals surface area contributed by atoms with Crippen LogP contribution in [0, 0.1) is 0 Å². The number of allylic oxidation sites excluding steroid dienone is 2. The van der Waals surface area contributed by atoms with Crippen molar-refractivity contribution in [3.05, 3.63) is 12.2 Å². The summed E-state index contributed by atoms with van der Waals surface area (Å²) in [6, 6.07) is 0. The number of hydrogen-bond acceptors (Lipinski definition) is 1. The first-order chi connectivity index (χ1) is 5.43. The topological polar surface area (TPSA) is 24.7 Å². The largest absolute Gasteiger partial charge is 0.271 e. The molecule has 1 aliphatic heterocycles. The lowest BCUT2D eigenvalue weighted by Gasteiger charge is -1.94. The highest BCUT2D eigenvalue weighted by Gasteiger charge is 1.95. The van der Waals surface area contributed by atoms with Gasteiger partial charge in [0.15, 0.2) is 0 Å². The summed E-state index contributed by atoms with van der Waals surface area (Å²) < 4.78 is 0. The molecule has 2 nitrogen and oxygen atoms in total. The normalized spacial score (nSPS) is 20.6. The van der Waals surface area contributed by atoms with Crippen molar-refractivity contribution in [2.45, 2.75) is 26.2 Å². The van der Waals surface area contributed by atoms with Gasteiger partial charge in [-0.05, 0) is 18.9 Å². The lowest BCUT2D eigenvalue weighted by atomic mass is 10.3. The predicted octanol–water partition coefficient (Wildman–Crippen LogP) is 2.22. The minimum Gasteiger partial charge on any atom is -0.271 e. The van der Waals surface area contributed by atoms with Crippen molar-refractivity contribution < 1.29 is 0 Å².